The Balaban J connectivity index is 0.00000784. The SMILES string of the molecule is O=P([O-])(O)CN(CP(=O)(O)O)C1CCCCC1N(CP(=O)(O)O)CP(=O)(O)O.[Na+]. The van der Waals surface area contributed by atoms with Gasteiger partial charge in [-0.2, -0.15) is 0 Å². The molecule has 0 amide bonds. The van der Waals surface area contributed by atoms with Crippen LogP contribution in [0.5, 0.6) is 0 Å². The fourth-order valence-corrected chi connectivity index (χ4v) is 6.83. The molecule has 1 fully saturated rings. The van der Waals surface area contributed by atoms with E-state index in [1.165, 1.54) is 0 Å². The maximum Gasteiger partial charge on any atom is 1.00 e. The smallest absolute Gasteiger partial charge is 0.778 e. The first-order valence-electron chi connectivity index (χ1n) is 8.01. The Hall–Kier alpha value is 1.52. The predicted octanol–water partition coefficient (Wildman–Crippen LogP) is -4.19. The summed E-state index contributed by atoms with van der Waals surface area (Å²) in [4.78, 5) is 77.6. The van der Waals surface area contributed by atoms with Crippen LogP contribution in [-0.2, 0) is 18.3 Å². The van der Waals surface area contributed by atoms with Gasteiger partial charge >= 0.3 is 52.3 Å². The zero-order valence-corrected chi connectivity index (χ0v) is 21.2. The van der Waals surface area contributed by atoms with E-state index >= 15 is 0 Å². The van der Waals surface area contributed by atoms with Crippen LogP contribution in [0.15, 0.2) is 0 Å². The third-order valence-corrected chi connectivity index (χ3v) is 7.01. The Morgan fingerprint density at radius 1 is 0.655 bits per heavy atom. The molecule has 1 aliphatic carbocycles. The molecule has 0 radical (unpaired) electrons. The van der Waals surface area contributed by atoms with Crippen LogP contribution in [-0.4, -0.2) is 81.3 Å². The van der Waals surface area contributed by atoms with Crippen molar-refractivity contribution in [3.63, 3.8) is 0 Å². The molecule has 19 heteroatoms. The van der Waals surface area contributed by atoms with Crippen LogP contribution in [0.25, 0.3) is 0 Å². The van der Waals surface area contributed by atoms with Gasteiger partial charge in [0.25, 0.3) is 0 Å². The summed E-state index contributed by atoms with van der Waals surface area (Å²) in [5.41, 5.74) is 0. The molecular formula is C10H25N2NaO12P4. The van der Waals surface area contributed by atoms with Crippen molar-refractivity contribution in [3.8, 4) is 0 Å². The van der Waals surface area contributed by atoms with Gasteiger partial charge in [0.15, 0.2) is 0 Å². The van der Waals surface area contributed by atoms with Gasteiger partial charge in [-0.05, 0) is 12.8 Å². The second-order valence-corrected chi connectivity index (χ2v) is 13.2. The summed E-state index contributed by atoms with van der Waals surface area (Å²) >= 11 is 0. The van der Waals surface area contributed by atoms with Crippen LogP contribution in [0.3, 0.4) is 0 Å². The van der Waals surface area contributed by atoms with Crippen LogP contribution in [0.1, 0.15) is 25.7 Å². The molecule has 1 rings (SSSR count). The molecular weight excluding hydrogens is 487 g/mol. The Labute approximate surface area is 189 Å². The average molecular weight is 512 g/mol. The van der Waals surface area contributed by atoms with Crippen molar-refractivity contribution in [2.45, 2.75) is 37.8 Å². The van der Waals surface area contributed by atoms with Gasteiger partial charge in [-0.1, -0.05) is 12.8 Å². The van der Waals surface area contributed by atoms with Crippen LogP contribution >= 0.6 is 30.4 Å². The van der Waals surface area contributed by atoms with E-state index in [1.54, 1.807) is 0 Å². The normalized spacial score (nSPS) is 23.7. The largest absolute Gasteiger partial charge is 1.00 e. The number of hydrogen-bond donors (Lipinski definition) is 7. The molecule has 0 aromatic heterocycles. The fraction of sp³-hybridized carbons (Fsp3) is 1.00. The molecule has 14 nitrogen and oxygen atoms in total. The summed E-state index contributed by atoms with van der Waals surface area (Å²) in [6.07, 6.45) is -2.99. The molecule has 0 saturated heterocycles. The average Bonchev–Trinajstić information content (AvgIpc) is 2.39. The summed E-state index contributed by atoms with van der Waals surface area (Å²) in [5.74, 6) is 0. The molecule has 3 atom stereocenters. The van der Waals surface area contributed by atoms with E-state index in [0.717, 1.165) is 9.80 Å². The molecule has 3 unspecified atom stereocenters. The number of rotatable bonds is 10. The van der Waals surface area contributed by atoms with E-state index in [0.29, 0.717) is 12.8 Å². The van der Waals surface area contributed by atoms with E-state index in [2.05, 4.69) is 0 Å². The molecule has 0 aromatic rings. The van der Waals surface area contributed by atoms with Crippen LogP contribution in [0, 0.1) is 0 Å². The molecule has 29 heavy (non-hydrogen) atoms. The Kier molecular flexibility index (Phi) is 12.2. The first kappa shape index (κ1) is 30.5. The minimum atomic E-state index is -5.01. The Morgan fingerprint density at radius 3 is 1.17 bits per heavy atom. The van der Waals surface area contributed by atoms with E-state index in [-0.39, 0.29) is 42.4 Å². The third-order valence-electron chi connectivity index (χ3n) is 4.09. The maximum atomic E-state index is 11.4. The first-order chi connectivity index (χ1) is 12.4. The standard InChI is InChI=1S/C10H26N2O12P4.Na/c13-25(14,15)5-11(6-26(16,17)18)9-3-1-2-4-10(9)12(7-27(19,20)21)8-28(22,23)24;/h9-10H,1-8H2,(H2,13,14,15)(H2,16,17,18)(H2,19,20,21)(H2,22,23,24);/q;+1/p-1. The molecule has 0 aromatic carbocycles. The molecule has 0 heterocycles. The summed E-state index contributed by atoms with van der Waals surface area (Å²) in [6, 6.07) is -2.03. The molecule has 1 aliphatic rings. The van der Waals surface area contributed by atoms with E-state index in [1.807, 2.05) is 0 Å². The van der Waals surface area contributed by atoms with E-state index < -0.39 is 67.6 Å². The molecule has 0 spiro atoms. The van der Waals surface area contributed by atoms with Gasteiger partial charge in [0.2, 0.25) is 0 Å². The van der Waals surface area contributed by atoms with E-state index in [9.17, 15) is 52.5 Å². The van der Waals surface area contributed by atoms with Gasteiger partial charge in [0.05, 0.1) is 6.29 Å². The van der Waals surface area contributed by atoms with Gasteiger partial charge in [-0.3, -0.25) is 23.5 Å². The third kappa shape index (κ3) is 13.6. The summed E-state index contributed by atoms with van der Waals surface area (Å²) in [5, 5.41) is 0. The molecule has 0 bridgehead atoms. The molecule has 0 aliphatic heterocycles. The summed E-state index contributed by atoms with van der Waals surface area (Å²) in [7, 11) is -19.3. The Morgan fingerprint density at radius 2 is 0.931 bits per heavy atom. The van der Waals surface area contributed by atoms with Crippen molar-refractivity contribution in [2.24, 2.45) is 0 Å². The van der Waals surface area contributed by atoms with E-state index in [4.69, 9.17) is 4.89 Å². The minimum absolute atomic E-state index is 0. The fourth-order valence-electron chi connectivity index (χ4n) is 3.39. The van der Waals surface area contributed by atoms with Gasteiger partial charge < -0.3 is 43.7 Å². The second-order valence-electron chi connectivity index (χ2n) is 6.79. The van der Waals surface area contributed by atoms with Gasteiger partial charge in [0.1, 0.15) is 26.5 Å². The molecule has 1 saturated carbocycles. The van der Waals surface area contributed by atoms with Gasteiger partial charge in [-0.15, -0.1) is 0 Å². The van der Waals surface area contributed by atoms with Crippen molar-refractivity contribution < 1.29 is 87.0 Å². The van der Waals surface area contributed by atoms with Gasteiger partial charge in [-0.25, -0.2) is 0 Å². The topological polar surface area (TPSA) is 239 Å². The summed E-state index contributed by atoms with van der Waals surface area (Å²) in [6.45, 7) is 0. The monoisotopic (exact) mass is 512 g/mol. The Bertz CT molecular complexity index is 607. The van der Waals surface area contributed by atoms with Crippen LogP contribution in [0.4, 0.5) is 0 Å². The zero-order chi connectivity index (χ0) is 22.0. The number of hydrogen-bond acceptors (Lipinski definition) is 7. The number of nitrogens with zero attached hydrogens (tertiary/aromatic N) is 2. The zero-order valence-electron chi connectivity index (χ0n) is 15.7. The van der Waals surface area contributed by atoms with Crippen LogP contribution < -0.4 is 34.5 Å². The van der Waals surface area contributed by atoms with Crippen molar-refractivity contribution >= 4 is 30.4 Å². The van der Waals surface area contributed by atoms with Crippen LogP contribution in [0.2, 0.25) is 0 Å². The van der Waals surface area contributed by atoms with Crippen molar-refractivity contribution in [1.29, 1.82) is 0 Å². The van der Waals surface area contributed by atoms with Crippen molar-refractivity contribution in [1.82, 2.24) is 9.80 Å². The predicted molar refractivity (Wildman–Crippen MR) is 95.1 cm³/mol. The molecule has 168 valence electrons. The molecule has 7 N–H and O–H groups in total. The van der Waals surface area contributed by atoms with Crippen molar-refractivity contribution in [2.75, 3.05) is 25.1 Å². The first-order valence-corrected chi connectivity index (χ1v) is 15.2. The quantitative estimate of drug-likeness (QED) is 0.109. The van der Waals surface area contributed by atoms with Gasteiger partial charge in [0, 0.05) is 12.1 Å². The minimum Gasteiger partial charge on any atom is -0.778 e. The van der Waals surface area contributed by atoms with Crippen molar-refractivity contribution in [3.05, 3.63) is 0 Å². The summed E-state index contributed by atoms with van der Waals surface area (Å²) < 4.78 is 45.6. The second kappa shape index (κ2) is 11.6. The maximum absolute atomic E-state index is 11.4.